The lowest BCUT2D eigenvalue weighted by atomic mass is 9.84. The highest BCUT2D eigenvalue weighted by molar-refractivity contribution is 6.26. The van der Waals surface area contributed by atoms with Crippen LogP contribution in [0.1, 0.15) is 11.1 Å². The Bertz CT molecular complexity index is 4920. The summed E-state index contributed by atoms with van der Waals surface area (Å²) < 4.78 is 107. The highest BCUT2D eigenvalue weighted by atomic mass is 19.2. The molecule has 0 bridgehead atoms. The fraction of sp³-hybridized carbons (Fsp3) is 0.0263. The minimum atomic E-state index is -0.895. The largest absolute Gasteiger partial charge is 0.256 e. The van der Waals surface area contributed by atoms with E-state index in [4.69, 9.17) is 4.98 Å². The normalized spacial score (nSPS) is 11.5. The molecule has 0 atom stereocenters. The van der Waals surface area contributed by atoms with Gasteiger partial charge in [0.05, 0.1) is 23.3 Å². The Kier molecular flexibility index (Phi) is 13.6. The molecule has 11 heteroatoms. The molecule has 0 fully saturated rings. The minimum absolute atomic E-state index is 0.0923. The van der Waals surface area contributed by atoms with Gasteiger partial charge in [0.15, 0.2) is 5.82 Å². The molecule has 0 unspecified atom stereocenters. The van der Waals surface area contributed by atoms with Gasteiger partial charge in [-0.1, -0.05) is 109 Å². The van der Waals surface area contributed by atoms with Gasteiger partial charge in [-0.05, 0) is 209 Å². The van der Waals surface area contributed by atoms with Gasteiger partial charge in [0.25, 0.3) is 0 Å². The molecule has 0 saturated heterocycles. The summed E-state index contributed by atoms with van der Waals surface area (Å²) >= 11 is 0. The third-order valence-corrected chi connectivity index (χ3v) is 16.2. The summed E-state index contributed by atoms with van der Waals surface area (Å²) in [5.41, 5.74) is 10.9. The fourth-order valence-electron chi connectivity index (χ4n) is 12.1. The van der Waals surface area contributed by atoms with E-state index in [9.17, 15) is 8.78 Å². The van der Waals surface area contributed by atoms with Gasteiger partial charge >= 0.3 is 0 Å². The van der Waals surface area contributed by atoms with Crippen LogP contribution in [-0.2, 0) is 0 Å². The minimum Gasteiger partial charge on any atom is -0.256 e. The topological polar surface area (TPSA) is 51.6 Å². The van der Waals surface area contributed by atoms with Gasteiger partial charge < -0.3 is 0 Å². The third kappa shape index (κ3) is 10.0. The molecule has 4 aromatic heterocycles. The molecule has 0 aliphatic carbocycles. The maximum atomic E-state index is 16.5. The highest BCUT2D eigenvalue weighted by Gasteiger charge is 2.23. The first-order valence-electron chi connectivity index (χ1n) is 28.0. The summed E-state index contributed by atoms with van der Waals surface area (Å²) in [6.07, 6.45) is 5.80. The lowest BCUT2D eigenvalue weighted by Crippen LogP contribution is -1.98. The van der Waals surface area contributed by atoms with E-state index in [0.717, 1.165) is 73.4 Å². The van der Waals surface area contributed by atoms with Crippen LogP contribution in [0.5, 0.6) is 0 Å². The number of halogens is 7. The van der Waals surface area contributed by atoms with Gasteiger partial charge in [0.1, 0.15) is 40.6 Å². The Morgan fingerprint density at radius 1 is 0.230 bits per heavy atom. The first kappa shape index (κ1) is 54.1. The van der Waals surface area contributed by atoms with Crippen molar-refractivity contribution in [2.75, 3.05) is 0 Å². The average molecular weight is 1150 g/mol. The van der Waals surface area contributed by atoms with E-state index in [1.165, 1.54) is 48.7 Å². The predicted molar refractivity (Wildman–Crippen MR) is 334 cm³/mol. The molecule has 0 amide bonds. The van der Waals surface area contributed by atoms with Crippen molar-refractivity contribution < 1.29 is 30.7 Å². The van der Waals surface area contributed by atoms with E-state index in [-0.39, 0.29) is 22.6 Å². The number of hydrogen-bond donors (Lipinski definition) is 0. The van der Waals surface area contributed by atoms with Gasteiger partial charge in [0, 0.05) is 58.5 Å². The maximum absolute atomic E-state index is 16.5. The SMILES string of the molecule is Cc1cc(-c2ccc(F)cc2F)ncc1-c1ccc(F)cc1-c1cc(-c2cc(F)ccc2-c2cnc(-c3ncc(F)cc3F)cc2C)cc(-c2cc(F)ccc2-c2cnc(-c3ccccc3)cc2-c2ccc3c4ccccc4c4ccccc4c3c2)c1. The van der Waals surface area contributed by atoms with Gasteiger partial charge in [-0.15, -0.1) is 0 Å². The Balaban J connectivity index is 1.00. The van der Waals surface area contributed by atoms with Crippen LogP contribution < -0.4 is 0 Å². The van der Waals surface area contributed by atoms with E-state index < -0.39 is 40.7 Å². The quantitative estimate of drug-likeness (QED) is 0.101. The van der Waals surface area contributed by atoms with Gasteiger partial charge in [-0.3, -0.25) is 15.0 Å². The summed E-state index contributed by atoms with van der Waals surface area (Å²) in [4.78, 5) is 18.2. The van der Waals surface area contributed by atoms with Crippen LogP contribution in [0.25, 0.3) is 144 Å². The van der Waals surface area contributed by atoms with Gasteiger partial charge in [-0.2, -0.15) is 0 Å². The molecule has 4 nitrogen and oxygen atoms in total. The van der Waals surface area contributed by atoms with E-state index in [1.807, 2.05) is 79.7 Å². The lowest BCUT2D eigenvalue weighted by molar-refractivity contribution is 0.575. The van der Waals surface area contributed by atoms with Crippen molar-refractivity contribution in [1.29, 1.82) is 0 Å². The lowest BCUT2D eigenvalue weighted by Gasteiger charge is -2.20. The number of nitrogens with zero attached hydrogens (tertiary/aromatic N) is 4. The molecule has 14 rings (SSSR count). The molecule has 0 spiro atoms. The molecule has 14 aromatic rings. The Morgan fingerprint density at radius 2 is 0.655 bits per heavy atom. The Labute approximate surface area is 495 Å². The van der Waals surface area contributed by atoms with Crippen LogP contribution >= 0.6 is 0 Å². The first-order valence-corrected chi connectivity index (χ1v) is 28.0. The number of hydrogen-bond acceptors (Lipinski definition) is 4. The van der Waals surface area contributed by atoms with Crippen molar-refractivity contribution in [3.05, 3.63) is 289 Å². The zero-order chi connectivity index (χ0) is 59.6. The van der Waals surface area contributed by atoms with Crippen molar-refractivity contribution in [2.45, 2.75) is 13.8 Å². The smallest absolute Gasteiger partial charge is 0.153 e. The van der Waals surface area contributed by atoms with Gasteiger partial charge in [0.2, 0.25) is 0 Å². The average Bonchev–Trinajstić information content (AvgIpc) is 2.46. The summed E-state index contributed by atoms with van der Waals surface area (Å²) in [7, 11) is 0. The molecule has 87 heavy (non-hydrogen) atoms. The summed E-state index contributed by atoms with van der Waals surface area (Å²) in [6.45, 7) is 3.60. The van der Waals surface area contributed by atoms with E-state index >= 15 is 22.0 Å². The van der Waals surface area contributed by atoms with Crippen LogP contribution in [0.2, 0.25) is 0 Å². The third-order valence-electron chi connectivity index (χ3n) is 16.2. The number of benzene rings is 10. The number of aryl methyl sites for hydroxylation is 2. The summed E-state index contributed by atoms with van der Waals surface area (Å²) in [5.74, 6) is -4.96. The maximum Gasteiger partial charge on any atom is 0.153 e. The number of pyridine rings is 4. The second kappa shape index (κ2) is 21.9. The predicted octanol–water partition coefficient (Wildman–Crippen LogP) is 21.0. The molecule has 0 saturated carbocycles. The van der Waals surface area contributed by atoms with E-state index in [2.05, 4.69) is 63.5 Å². The number of aromatic nitrogens is 4. The molecule has 0 N–H and O–H groups in total. The summed E-state index contributed by atoms with van der Waals surface area (Å²) in [6, 6.07) is 61.1. The molecule has 418 valence electrons. The van der Waals surface area contributed by atoms with Crippen LogP contribution in [0, 0.1) is 54.6 Å². The highest BCUT2D eigenvalue weighted by Crippen LogP contribution is 2.47. The van der Waals surface area contributed by atoms with Crippen molar-refractivity contribution in [3.8, 4) is 112 Å². The van der Waals surface area contributed by atoms with Crippen molar-refractivity contribution in [1.82, 2.24) is 19.9 Å². The standard InChI is InChI=1S/C76H45F7N4/c1-42-26-74(62-25-20-52(80)35-71(62)82)85-39-68(42)59-22-17-49(77)32-63(59)46-28-47(64-33-50(78)18-23-60(64)69-40-86-75(27-43(69)2)76-72(83)36-53(81)38-87-76)30-48(29-46)65-34-51(79)19-24-61(65)70-41-84-73(44-10-4-3-5-11-44)37-66(70)45-16-21-58-56-14-7-6-12-54(56)55-13-8-9-15-57(55)67(58)31-45/h3-41H,1-2H3. The monoisotopic (exact) mass is 1150 g/mol. The zero-order valence-electron chi connectivity index (χ0n) is 46.5. The molecular weight excluding hydrogens is 1100 g/mol. The summed E-state index contributed by atoms with van der Waals surface area (Å²) in [5, 5.41) is 6.57. The number of rotatable bonds is 10. The zero-order valence-corrected chi connectivity index (χ0v) is 46.5. The molecular formula is C76H45F7N4. The molecule has 10 aromatic carbocycles. The van der Waals surface area contributed by atoms with Crippen LogP contribution in [-0.4, -0.2) is 19.9 Å². The van der Waals surface area contributed by atoms with Gasteiger partial charge in [-0.25, -0.2) is 35.7 Å². The second-order valence-corrected chi connectivity index (χ2v) is 21.6. The molecule has 4 heterocycles. The van der Waals surface area contributed by atoms with Crippen LogP contribution in [0.3, 0.4) is 0 Å². The molecule has 0 aliphatic heterocycles. The Morgan fingerprint density at radius 3 is 1.18 bits per heavy atom. The second-order valence-electron chi connectivity index (χ2n) is 21.6. The van der Waals surface area contributed by atoms with Crippen LogP contribution in [0.15, 0.2) is 237 Å². The van der Waals surface area contributed by atoms with Crippen molar-refractivity contribution in [3.63, 3.8) is 0 Å². The van der Waals surface area contributed by atoms with E-state index in [1.54, 1.807) is 49.6 Å². The Hall–Kier alpha value is -10.9. The fourth-order valence-corrected chi connectivity index (χ4v) is 12.1. The molecule has 0 aliphatic rings. The van der Waals surface area contributed by atoms with Crippen LogP contribution in [0.4, 0.5) is 30.7 Å². The number of fused-ring (bicyclic) bond motifs is 6. The molecule has 0 radical (unpaired) electrons. The van der Waals surface area contributed by atoms with Crippen molar-refractivity contribution in [2.24, 2.45) is 0 Å². The van der Waals surface area contributed by atoms with Crippen molar-refractivity contribution >= 4 is 32.3 Å². The first-order chi connectivity index (χ1) is 42.3. The van der Waals surface area contributed by atoms with E-state index in [0.29, 0.717) is 83.6 Å².